The van der Waals surface area contributed by atoms with Gasteiger partial charge in [-0.3, -0.25) is 4.90 Å². The Hall–Kier alpha value is -1.17. The molecule has 1 aromatic rings. The van der Waals surface area contributed by atoms with E-state index in [9.17, 15) is 13.6 Å². The van der Waals surface area contributed by atoms with Crippen LogP contribution in [0, 0.1) is 11.6 Å². The number of halogens is 3. The van der Waals surface area contributed by atoms with E-state index in [4.69, 9.17) is 5.11 Å². The summed E-state index contributed by atoms with van der Waals surface area (Å²) in [5.41, 5.74) is -1.18. The largest absolute Gasteiger partial charge is 0.465 e. The highest BCUT2D eigenvalue weighted by Gasteiger charge is 2.31. The Labute approximate surface area is 106 Å². The number of rotatable bonds is 1. The molecule has 17 heavy (non-hydrogen) atoms. The smallest absolute Gasteiger partial charge is 0.412 e. The molecule has 0 fully saturated rings. The zero-order chi connectivity index (χ0) is 13.4. The number of hydrogen-bond acceptors (Lipinski definition) is 1. The molecule has 0 aliphatic heterocycles. The fourth-order valence-electron chi connectivity index (χ4n) is 1.46. The molecule has 0 atom stereocenters. The van der Waals surface area contributed by atoms with Crippen LogP contribution >= 0.6 is 15.9 Å². The maximum absolute atomic E-state index is 13.6. The van der Waals surface area contributed by atoms with Gasteiger partial charge in [0.15, 0.2) is 11.6 Å². The minimum absolute atomic E-state index is 0.280. The van der Waals surface area contributed by atoms with Crippen LogP contribution in [0.5, 0.6) is 0 Å². The van der Waals surface area contributed by atoms with Gasteiger partial charge in [0.1, 0.15) is 0 Å². The predicted octanol–water partition coefficient (Wildman–Crippen LogP) is 4.01. The maximum Gasteiger partial charge on any atom is 0.412 e. The van der Waals surface area contributed by atoms with Crippen molar-refractivity contribution in [1.29, 1.82) is 0 Å². The van der Waals surface area contributed by atoms with Crippen molar-refractivity contribution in [2.24, 2.45) is 0 Å². The molecule has 1 amide bonds. The molecule has 0 radical (unpaired) electrons. The van der Waals surface area contributed by atoms with Crippen LogP contribution < -0.4 is 4.90 Å². The van der Waals surface area contributed by atoms with Crippen LogP contribution in [0.3, 0.4) is 0 Å². The van der Waals surface area contributed by atoms with E-state index in [-0.39, 0.29) is 10.2 Å². The molecule has 0 bridgehead atoms. The minimum Gasteiger partial charge on any atom is -0.465 e. The summed E-state index contributed by atoms with van der Waals surface area (Å²) in [6.07, 6.45) is -1.34. The van der Waals surface area contributed by atoms with E-state index in [2.05, 4.69) is 15.9 Å². The SMILES string of the molecule is CC(C)(C)N(C(=O)O)c1cc(Br)cc(F)c1F. The molecule has 0 aliphatic carbocycles. The van der Waals surface area contributed by atoms with Crippen molar-refractivity contribution in [1.82, 2.24) is 0 Å². The van der Waals surface area contributed by atoms with Crippen molar-refractivity contribution in [2.75, 3.05) is 4.90 Å². The van der Waals surface area contributed by atoms with Crippen LogP contribution in [-0.2, 0) is 0 Å². The molecule has 0 saturated carbocycles. The van der Waals surface area contributed by atoms with Crippen LogP contribution in [0.25, 0.3) is 0 Å². The molecule has 0 saturated heterocycles. The zero-order valence-corrected chi connectivity index (χ0v) is 11.2. The Kier molecular flexibility index (Phi) is 3.76. The van der Waals surface area contributed by atoms with Crippen LogP contribution in [0.2, 0.25) is 0 Å². The summed E-state index contributed by atoms with van der Waals surface area (Å²) < 4.78 is 27.1. The Morgan fingerprint density at radius 3 is 2.29 bits per heavy atom. The highest BCUT2D eigenvalue weighted by molar-refractivity contribution is 9.10. The van der Waals surface area contributed by atoms with Crippen molar-refractivity contribution in [2.45, 2.75) is 26.3 Å². The molecule has 0 aromatic heterocycles. The van der Waals surface area contributed by atoms with Gasteiger partial charge in [-0.05, 0) is 32.9 Å². The third-order valence-corrected chi connectivity index (χ3v) is 2.53. The second-order valence-corrected chi connectivity index (χ2v) is 5.43. The highest BCUT2D eigenvalue weighted by Crippen LogP contribution is 2.31. The van der Waals surface area contributed by atoms with E-state index in [0.717, 1.165) is 11.0 Å². The average Bonchev–Trinajstić information content (AvgIpc) is 2.10. The van der Waals surface area contributed by atoms with Gasteiger partial charge in [-0.1, -0.05) is 15.9 Å². The maximum atomic E-state index is 13.6. The van der Waals surface area contributed by atoms with Gasteiger partial charge in [0.2, 0.25) is 0 Å². The Morgan fingerprint density at radius 1 is 1.35 bits per heavy atom. The summed E-state index contributed by atoms with van der Waals surface area (Å²) >= 11 is 3.01. The molecule has 94 valence electrons. The van der Waals surface area contributed by atoms with Crippen LogP contribution in [0.4, 0.5) is 19.3 Å². The van der Waals surface area contributed by atoms with E-state index in [0.29, 0.717) is 0 Å². The van der Waals surface area contributed by atoms with Gasteiger partial charge in [0.05, 0.1) is 5.69 Å². The minimum atomic E-state index is -1.34. The topological polar surface area (TPSA) is 40.5 Å². The first kappa shape index (κ1) is 13.9. The molecule has 0 spiro atoms. The van der Waals surface area contributed by atoms with Gasteiger partial charge in [-0.15, -0.1) is 0 Å². The summed E-state index contributed by atoms with van der Waals surface area (Å²) in [5, 5.41) is 9.09. The molecule has 3 nitrogen and oxygen atoms in total. The van der Waals surface area contributed by atoms with Crippen LogP contribution in [0.1, 0.15) is 20.8 Å². The molecule has 0 heterocycles. The summed E-state index contributed by atoms with van der Waals surface area (Å²) in [4.78, 5) is 11.9. The van der Waals surface area contributed by atoms with Gasteiger partial charge >= 0.3 is 6.09 Å². The summed E-state index contributed by atoms with van der Waals surface area (Å²) in [6, 6.07) is 2.18. The van der Waals surface area contributed by atoms with Gasteiger partial charge in [-0.25, -0.2) is 13.6 Å². The van der Waals surface area contributed by atoms with E-state index in [1.807, 2.05) is 0 Å². The summed E-state index contributed by atoms with van der Waals surface area (Å²) in [5.74, 6) is -2.27. The molecule has 1 N–H and O–H groups in total. The number of benzene rings is 1. The highest BCUT2D eigenvalue weighted by atomic mass is 79.9. The van der Waals surface area contributed by atoms with Gasteiger partial charge in [0, 0.05) is 10.0 Å². The lowest BCUT2D eigenvalue weighted by Crippen LogP contribution is -2.45. The first-order valence-corrected chi connectivity index (χ1v) is 5.61. The normalized spacial score (nSPS) is 11.4. The summed E-state index contributed by atoms with van der Waals surface area (Å²) in [7, 11) is 0. The van der Waals surface area contributed by atoms with Crippen molar-refractivity contribution < 1.29 is 18.7 Å². The molecule has 1 rings (SSSR count). The van der Waals surface area contributed by atoms with E-state index in [1.54, 1.807) is 20.8 Å². The van der Waals surface area contributed by atoms with Crippen LogP contribution in [0.15, 0.2) is 16.6 Å². The van der Waals surface area contributed by atoms with Crippen molar-refractivity contribution >= 4 is 27.7 Å². The lowest BCUT2D eigenvalue weighted by atomic mass is 10.1. The standard InChI is InChI=1S/C11H12BrF2NO2/c1-11(2,3)15(10(16)17)8-5-6(12)4-7(13)9(8)14/h4-5H,1-3H3,(H,16,17). The summed E-state index contributed by atoms with van der Waals surface area (Å²) in [6.45, 7) is 4.79. The van der Waals surface area contributed by atoms with E-state index in [1.165, 1.54) is 6.07 Å². The van der Waals surface area contributed by atoms with E-state index < -0.39 is 23.3 Å². The average molecular weight is 308 g/mol. The second kappa shape index (κ2) is 4.60. The molecule has 0 aliphatic rings. The quantitative estimate of drug-likeness (QED) is 0.796. The number of hydrogen-bond donors (Lipinski definition) is 1. The second-order valence-electron chi connectivity index (χ2n) is 4.51. The molecular weight excluding hydrogens is 296 g/mol. The molecular formula is C11H12BrF2NO2. The number of carboxylic acid groups (broad SMARTS) is 1. The Morgan fingerprint density at radius 2 is 1.88 bits per heavy atom. The number of carbonyl (C=O) groups is 1. The zero-order valence-electron chi connectivity index (χ0n) is 9.59. The van der Waals surface area contributed by atoms with Gasteiger partial charge in [0.25, 0.3) is 0 Å². The number of anilines is 1. The fourth-order valence-corrected chi connectivity index (χ4v) is 1.87. The van der Waals surface area contributed by atoms with Crippen molar-refractivity contribution in [3.05, 3.63) is 28.2 Å². The Bertz CT molecular complexity index is 458. The van der Waals surface area contributed by atoms with Crippen LogP contribution in [-0.4, -0.2) is 16.7 Å². The Balaban J connectivity index is 3.44. The lowest BCUT2D eigenvalue weighted by Gasteiger charge is -2.33. The van der Waals surface area contributed by atoms with Crippen molar-refractivity contribution in [3.8, 4) is 0 Å². The van der Waals surface area contributed by atoms with Gasteiger partial charge < -0.3 is 5.11 Å². The fraction of sp³-hybridized carbons (Fsp3) is 0.364. The molecule has 1 aromatic carbocycles. The molecule has 6 heteroatoms. The van der Waals surface area contributed by atoms with E-state index >= 15 is 0 Å². The number of nitrogens with zero attached hydrogens (tertiary/aromatic N) is 1. The molecule has 0 unspecified atom stereocenters. The van der Waals surface area contributed by atoms with Crippen molar-refractivity contribution in [3.63, 3.8) is 0 Å². The first-order valence-electron chi connectivity index (χ1n) is 4.82. The third-order valence-electron chi connectivity index (χ3n) is 2.08. The third kappa shape index (κ3) is 2.94. The first-order chi connectivity index (χ1) is 7.64. The monoisotopic (exact) mass is 307 g/mol. The predicted molar refractivity (Wildman–Crippen MR) is 64.3 cm³/mol. The lowest BCUT2D eigenvalue weighted by molar-refractivity contribution is 0.195. The number of amides is 1. The van der Waals surface area contributed by atoms with Gasteiger partial charge in [-0.2, -0.15) is 0 Å².